The molecule has 0 aliphatic rings. The highest BCUT2D eigenvalue weighted by molar-refractivity contribution is 7.94. The minimum Gasteiger partial charge on any atom is -0.320 e. The Morgan fingerprint density at radius 2 is 2.00 bits per heavy atom. The van der Waals surface area contributed by atoms with E-state index in [1.165, 1.54) is 18.4 Å². The van der Waals surface area contributed by atoms with Crippen molar-refractivity contribution in [3.05, 3.63) is 16.5 Å². The van der Waals surface area contributed by atoms with Crippen molar-refractivity contribution in [2.24, 2.45) is 21.7 Å². The lowest BCUT2D eigenvalue weighted by Gasteiger charge is -2.14. The largest absolute Gasteiger partial charge is 0.320 e. The van der Waals surface area contributed by atoms with Crippen LogP contribution < -0.4 is 16.2 Å². The standard InChI is InChI=1S/C13H21ClN4O3S2/c1-7(2)4-10(16)13(20)18-23(21,17-12(19)8(3)15)11-5-9(14)6-22-11/h5-8,10H,4,15-16H2,1-3H3,(H,17,18,19,20,21)/t8-,10-,23?/m0/s1. The number of halogens is 1. The zero-order valence-corrected chi connectivity index (χ0v) is 15.5. The second-order valence-corrected chi connectivity index (χ2v) is 9.01. The first-order valence-corrected chi connectivity index (χ1v) is 9.70. The van der Waals surface area contributed by atoms with Crippen LogP contribution in [0.3, 0.4) is 0 Å². The van der Waals surface area contributed by atoms with Crippen molar-refractivity contribution in [2.75, 3.05) is 0 Å². The Morgan fingerprint density at radius 1 is 1.39 bits per heavy atom. The first kappa shape index (κ1) is 20.0. The Morgan fingerprint density at radius 3 is 2.43 bits per heavy atom. The zero-order chi connectivity index (χ0) is 17.8. The summed E-state index contributed by atoms with van der Waals surface area (Å²) in [6.45, 7) is 5.24. The van der Waals surface area contributed by atoms with Crippen LogP contribution in [0, 0.1) is 5.92 Å². The summed E-state index contributed by atoms with van der Waals surface area (Å²) in [5, 5.41) is 1.87. The average Bonchev–Trinajstić information content (AvgIpc) is 2.84. The lowest BCUT2D eigenvalue weighted by molar-refractivity contribution is -0.120. The summed E-state index contributed by atoms with van der Waals surface area (Å²) in [6.07, 6.45) is 0.393. The van der Waals surface area contributed by atoms with Gasteiger partial charge in [0.25, 0.3) is 5.91 Å². The quantitative estimate of drug-likeness (QED) is 0.689. The summed E-state index contributed by atoms with van der Waals surface area (Å²) in [5.74, 6) is -1.25. The monoisotopic (exact) mass is 380 g/mol. The predicted molar refractivity (Wildman–Crippen MR) is 92.4 cm³/mol. The van der Waals surface area contributed by atoms with Gasteiger partial charge < -0.3 is 11.5 Å². The lowest BCUT2D eigenvalue weighted by Crippen LogP contribution is -2.42. The van der Waals surface area contributed by atoms with Crippen LogP contribution in [0.1, 0.15) is 27.2 Å². The van der Waals surface area contributed by atoms with Gasteiger partial charge in [0.05, 0.1) is 17.1 Å². The number of rotatable bonds is 6. The third-order valence-electron chi connectivity index (χ3n) is 2.73. The molecule has 0 spiro atoms. The number of nitrogens with zero attached hydrogens (tertiary/aromatic N) is 1. The van der Waals surface area contributed by atoms with Crippen LogP contribution in [0.4, 0.5) is 0 Å². The number of hydrogen-bond acceptors (Lipinski definition) is 6. The average molecular weight is 381 g/mol. The minimum absolute atomic E-state index is 0.168. The molecule has 0 aliphatic heterocycles. The number of carbonyl (C=O) groups is 2. The van der Waals surface area contributed by atoms with E-state index in [1.54, 1.807) is 0 Å². The van der Waals surface area contributed by atoms with Gasteiger partial charge in [-0.15, -0.1) is 15.7 Å². The van der Waals surface area contributed by atoms with E-state index in [1.807, 2.05) is 13.8 Å². The van der Waals surface area contributed by atoms with Gasteiger partial charge in [-0.1, -0.05) is 25.4 Å². The lowest BCUT2D eigenvalue weighted by atomic mass is 10.0. The second kappa shape index (κ2) is 8.20. The maximum Gasteiger partial charge on any atom is 0.272 e. The molecule has 0 aliphatic carbocycles. The van der Waals surface area contributed by atoms with Crippen LogP contribution in [-0.4, -0.2) is 28.1 Å². The van der Waals surface area contributed by atoms with Gasteiger partial charge in [0, 0.05) is 5.38 Å². The summed E-state index contributed by atoms with van der Waals surface area (Å²) >= 11 is 6.86. The van der Waals surface area contributed by atoms with Crippen molar-refractivity contribution >= 4 is 44.7 Å². The van der Waals surface area contributed by atoms with Crippen molar-refractivity contribution in [1.82, 2.24) is 4.72 Å². The smallest absolute Gasteiger partial charge is 0.272 e. The van der Waals surface area contributed by atoms with E-state index in [-0.39, 0.29) is 10.1 Å². The highest BCUT2D eigenvalue weighted by Crippen LogP contribution is 2.25. The Hall–Kier alpha value is -1.000. The summed E-state index contributed by atoms with van der Waals surface area (Å²) < 4.78 is 19.1. The molecule has 23 heavy (non-hydrogen) atoms. The van der Waals surface area contributed by atoms with E-state index < -0.39 is 33.8 Å². The molecule has 1 aromatic rings. The number of amides is 2. The molecule has 0 bridgehead atoms. The molecular weight excluding hydrogens is 360 g/mol. The summed E-state index contributed by atoms with van der Waals surface area (Å²) in [7, 11) is -3.52. The van der Waals surface area contributed by atoms with E-state index in [4.69, 9.17) is 23.1 Å². The molecule has 130 valence electrons. The van der Waals surface area contributed by atoms with E-state index >= 15 is 0 Å². The molecule has 1 heterocycles. The minimum atomic E-state index is -3.52. The van der Waals surface area contributed by atoms with E-state index in [0.29, 0.717) is 11.4 Å². The summed E-state index contributed by atoms with van der Waals surface area (Å²) in [6, 6.07) is -0.403. The van der Waals surface area contributed by atoms with E-state index in [9.17, 15) is 13.8 Å². The van der Waals surface area contributed by atoms with Gasteiger partial charge in [0.1, 0.15) is 4.21 Å². The molecule has 0 saturated carbocycles. The second-order valence-electron chi connectivity index (χ2n) is 5.53. The fraction of sp³-hybridized carbons (Fsp3) is 0.538. The van der Waals surface area contributed by atoms with Crippen molar-refractivity contribution in [1.29, 1.82) is 0 Å². The fourth-order valence-electron chi connectivity index (χ4n) is 1.59. The van der Waals surface area contributed by atoms with Crippen LogP contribution in [0.5, 0.6) is 0 Å². The van der Waals surface area contributed by atoms with Gasteiger partial charge >= 0.3 is 0 Å². The van der Waals surface area contributed by atoms with Crippen LogP contribution in [-0.2, 0) is 19.5 Å². The van der Waals surface area contributed by atoms with Crippen LogP contribution in [0.25, 0.3) is 0 Å². The maximum absolute atomic E-state index is 13.0. The number of hydrogen-bond donors (Lipinski definition) is 3. The maximum atomic E-state index is 13.0. The zero-order valence-electron chi connectivity index (χ0n) is 13.1. The Balaban J connectivity index is 3.24. The first-order chi connectivity index (χ1) is 10.5. The van der Waals surface area contributed by atoms with Crippen molar-refractivity contribution in [2.45, 2.75) is 43.5 Å². The van der Waals surface area contributed by atoms with E-state index in [2.05, 4.69) is 9.08 Å². The Labute approximate surface area is 145 Å². The molecule has 3 atom stereocenters. The van der Waals surface area contributed by atoms with Gasteiger partial charge in [-0.2, -0.15) is 0 Å². The molecule has 0 radical (unpaired) electrons. The number of nitrogens with one attached hydrogen (secondary N) is 1. The normalized spacial score (nSPS) is 16.5. The SMILES string of the molecule is CC(C)C[C@H](N)C(=O)N=S(=O)(NC(=O)[C@H](C)N)c1cc(Cl)cs1. The number of carbonyl (C=O) groups excluding carboxylic acids is 2. The molecule has 1 unspecified atom stereocenters. The molecule has 0 fully saturated rings. The summed E-state index contributed by atoms with van der Waals surface area (Å²) in [4.78, 5) is 24.0. The highest BCUT2D eigenvalue weighted by Gasteiger charge is 2.24. The molecule has 2 amide bonds. The Bertz CT molecular complexity index is 693. The topological polar surface area (TPSA) is 128 Å². The van der Waals surface area contributed by atoms with Gasteiger partial charge in [0.2, 0.25) is 5.91 Å². The van der Waals surface area contributed by atoms with Crippen molar-refractivity contribution < 1.29 is 13.8 Å². The number of nitrogens with two attached hydrogens (primary N) is 2. The summed E-state index contributed by atoms with van der Waals surface area (Å²) in [5.41, 5.74) is 11.2. The molecule has 1 rings (SSSR count). The molecule has 7 nitrogen and oxygen atoms in total. The van der Waals surface area contributed by atoms with Crippen LogP contribution >= 0.6 is 22.9 Å². The van der Waals surface area contributed by atoms with Gasteiger partial charge in [-0.3, -0.25) is 14.3 Å². The van der Waals surface area contributed by atoms with Gasteiger partial charge in [-0.25, -0.2) is 4.21 Å². The van der Waals surface area contributed by atoms with Crippen LogP contribution in [0.15, 0.2) is 20.0 Å². The number of thiophene rings is 1. The molecule has 5 N–H and O–H groups in total. The van der Waals surface area contributed by atoms with Crippen molar-refractivity contribution in [3.8, 4) is 0 Å². The van der Waals surface area contributed by atoms with Crippen molar-refractivity contribution in [3.63, 3.8) is 0 Å². The highest BCUT2D eigenvalue weighted by atomic mass is 35.5. The van der Waals surface area contributed by atoms with Gasteiger partial charge in [-0.05, 0) is 25.3 Å². The first-order valence-electron chi connectivity index (χ1n) is 6.93. The Kier molecular flexibility index (Phi) is 7.15. The third kappa shape index (κ3) is 5.85. The third-order valence-corrected chi connectivity index (χ3v) is 6.34. The van der Waals surface area contributed by atoms with E-state index in [0.717, 1.165) is 11.3 Å². The van der Waals surface area contributed by atoms with Gasteiger partial charge in [0.15, 0.2) is 9.92 Å². The van der Waals surface area contributed by atoms with Crippen LogP contribution in [0.2, 0.25) is 5.02 Å². The fourth-order valence-corrected chi connectivity index (χ4v) is 4.73. The molecular formula is C13H21ClN4O3S2. The molecule has 0 saturated heterocycles. The predicted octanol–water partition coefficient (Wildman–Crippen LogP) is 1.51. The molecule has 0 aromatic carbocycles. The molecule has 1 aromatic heterocycles. The molecule has 10 heteroatoms.